The summed E-state index contributed by atoms with van der Waals surface area (Å²) in [6.07, 6.45) is 0.950. The van der Waals surface area contributed by atoms with E-state index in [1.807, 2.05) is 25.7 Å². The minimum atomic E-state index is 0.198. The highest BCUT2D eigenvalue weighted by molar-refractivity contribution is 5.78. The first-order valence-electron chi connectivity index (χ1n) is 6.12. The van der Waals surface area contributed by atoms with Gasteiger partial charge in [0.1, 0.15) is 0 Å². The smallest absolute Gasteiger partial charge is 0.225 e. The van der Waals surface area contributed by atoms with Gasteiger partial charge in [0, 0.05) is 32.1 Å². The Morgan fingerprint density at radius 2 is 1.67 bits per heavy atom. The molecule has 3 heteroatoms. The highest BCUT2D eigenvalue weighted by Crippen LogP contribution is 2.08. The summed E-state index contributed by atoms with van der Waals surface area (Å²) in [5, 5.41) is 0. The van der Waals surface area contributed by atoms with E-state index in [1.54, 1.807) is 0 Å². The van der Waals surface area contributed by atoms with Gasteiger partial charge in [-0.2, -0.15) is 0 Å². The fourth-order valence-corrected chi connectivity index (χ4v) is 1.51. The third kappa shape index (κ3) is 4.65. The predicted octanol–water partition coefficient (Wildman–Crippen LogP) is 1.83. The van der Waals surface area contributed by atoms with Crippen molar-refractivity contribution >= 4 is 5.91 Å². The molecule has 90 valence electrons. The molecule has 1 rings (SSSR count). The molecule has 0 aromatic rings. The monoisotopic (exact) mass is 214 g/mol. The number of piperazine rings is 1. The van der Waals surface area contributed by atoms with E-state index in [0.717, 1.165) is 32.6 Å². The number of hydrogen-bond acceptors (Lipinski definition) is 2. The van der Waals surface area contributed by atoms with Crippen LogP contribution < -0.4 is 0 Å². The summed E-state index contributed by atoms with van der Waals surface area (Å²) >= 11 is 0. The van der Waals surface area contributed by atoms with Crippen molar-refractivity contribution < 1.29 is 4.79 Å². The van der Waals surface area contributed by atoms with Gasteiger partial charge in [-0.15, -0.1) is 0 Å². The van der Waals surface area contributed by atoms with Crippen LogP contribution in [0.3, 0.4) is 0 Å². The Labute approximate surface area is 94.4 Å². The maximum absolute atomic E-state index is 11.7. The molecular weight excluding hydrogens is 188 g/mol. The van der Waals surface area contributed by atoms with Crippen molar-refractivity contribution in [2.45, 2.75) is 34.1 Å². The SMILES string of the molecule is CC.CCC(C)C(=O)N1CCN(C)CC1. The summed E-state index contributed by atoms with van der Waals surface area (Å²) in [7, 11) is 2.10. The lowest BCUT2D eigenvalue weighted by Gasteiger charge is -2.33. The van der Waals surface area contributed by atoms with E-state index in [0.29, 0.717) is 5.91 Å². The molecule has 1 aliphatic heterocycles. The fourth-order valence-electron chi connectivity index (χ4n) is 1.51. The number of amides is 1. The second-order valence-corrected chi connectivity index (χ2v) is 3.94. The minimum absolute atomic E-state index is 0.198. The largest absolute Gasteiger partial charge is 0.340 e. The van der Waals surface area contributed by atoms with Gasteiger partial charge in [0.15, 0.2) is 0 Å². The summed E-state index contributed by atoms with van der Waals surface area (Å²) in [6, 6.07) is 0. The molecule has 0 aliphatic carbocycles. The summed E-state index contributed by atoms with van der Waals surface area (Å²) in [5.41, 5.74) is 0. The molecule has 0 spiro atoms. The van der Waals surface area contributed by atoms with Crippen LogP contribution in [0.5, 0.6) is 0 Å². The summed E-state index contributed by atoms with van der Waals surface area (Å²) in [6.45, 7) is 11.9. The van der Waals surface area contributed by atoms with Crippen molar-refractivity contribution in [3.8, 4) is 0 Å². The van der Waals surface area contributed by atoms with Crippen LogP contribution in [-0.4, -0.2) is 48.9 Å². The number of carbonyl (C=O) groups is 1. The molecule has 1 atom stereocenters. The third-order valence-corrected chi connectivity index (χ3v) is 2.85. The van der Waals surface area contributed by atoms with Gasteiger partial charge in [-0.1, -0.05) is 27.7 Å². The molecule has 0 saturated carbocycles. The average molecular weight is 214 g/mol. The third-order valence-electron chi connectivity index (χ3n) is 2.85. The first kappa shape index (κ1) is 14.4. The Bertz CT molecular complexity index is 174. The van der Waals surface area contributed by atoms with Crippen molar-refractivity contribution in [1.29, 1.82) is 0 Å². The first-order chi connectivity index (χ1) is 7.15. The molecule has 1 aliphatic rings. The van der Waals surface area contributed by atoms with Gasteiger partial charge in [-0.3, -0.25) is 4.79 Å². The number of rotatable bonds is 2. The van der Waals surface area contributed by atoms with Crippen LogP contribution >= 0.6 is 0 Å². The quantitative estimate of drug-likeness (QED) is 0.700. The highest BCUT2D eigenvalue weighted by atomic mass is 16.2. The van der Waals surface area contributed by atoms with Crippen LogP contribution in [-0.2, 0) is 4.79 Å². The van der Waals surface area contributed by atoms with E-state index in [2.05, 4.69) is 18.9 Å². The van der Waals surface area contributed by atoms with Crippen LogP contribution in [0.4, 0.5) is 0 Å². The second-order valence-electron chi connectivity index (χ2n) is 3.94. The molecule has 1 saturated heterocycles. The van der Waals surface area contributed by atoms with Gasteiger partial charge < -0.3 is 9.80 Å². The van der Waals surface area contributed by atoms with Crippen LogP contribution in [0.25, 0.3) is 0 Å². The van der Waals surface area contributed by atoms with E-state index in [4.69, 9.17) is 0 Å². The molecule has 0 radical (unpaired) electrons. The number of hydrogen-bond donors (Lipinski definition) is 0. The zero-order valence-corrected chi connectivity index (χ0v) is 10.9. The maximum Gasteiger partial charge on any atom is 0.225 e. The molecule has 1 unspecified atom stereocenters. The summed E-state index contributed by atoms with van der Waals surface area (Å²) < 4.78 is 0. The zero-order chi connectivity index (χ0) is 11.8. The highest BCUT2D eigenvalue weighted by Gasteiger charge is 2.22. The number of likely N-dealkylation sites (N-methyl/N-ethyl adjacent to an activating group) is 1. The van der Waals surface area contributed by atoms with E-state index < -0.39 is 0 Å². The predicted molar refractivity (Wildman–Crippen MR) is 64.9 cm³/mol. The van der Waals surface area contributed by atoms with Crippen molar-refractivity contribution in [2.75, 3.05) is 33.2 Å². The molecule has 0 aromatic carbocycles. The fraction of sp³-hybridized carbons (Fsp3) is 0.917. The lowest BCUT2D eigenvalue weighted by molar-refractivity contribution is -0.136. The van der Waals surface area contributed by atoms with E-state index in [-0.39, 0.29) is 5.92 Å². The minimum Gasteiger partial charge on any atom is -0.340 e. The van der Waals surface area contributed by atoms with Crippen molar-refractivity contribution in [3.05, 3.63) is 0 Å². The molecule has 0 bridgehead atoms. The summed E-state index contributed by atoms with van der Waals surface area (Å²) in [5.74, 6) is 0.527. The lowest BCUT2D eigenvalue weighted by Crippen LogP contribution is -2.48. The zero-order valence-electron chi connectivity index (χ0n) is 10.9. The van der Waals surface area contributed by atoms with Gasteiger partial charge in [-0.25, -0.2) is 0 Å². The van der Waals surface area contributed by atoms with Gasteiger partial charge in [0.05, 0.1) is 0 Å². The van der Waals surface area contributed by atoms with Gasteiger partial charge >= 0.3 is 0 Å². The van der Waals surface area contributed by atoms with E-state index in [1.165, 1.54) is 0 Å². The molecule has 3 nitrogen and oxygen atoms in total. The van der Waals surface area contributed by atoms with Gasteiger partial charge in [-0.05, 0) is 13.5 Å². The number of carbonyl (C=O) groups excluding carboxylic acids is 1. The molecule has 15 heavy (non-hydrogen) atoms. The lowest BCUT2D eigenvalue weighted by atomic mass is 10.1. The Morgan fingerprint density at radius 1 is 1.20 bits per heavy atom. The Morgan fingerprint density at radius 3 is 2.07 bits per heavy atom. The molecule has 0 aromatic heterocycles. The van der Waals surface area contributed by atoms with Crippen LogP contribution in [0.1, 0.15) is 34.1 Å². The van der Waals surface area contributed by atoms with E-state index in [9.17, 15) is 4.79 Å². The van der Waals surface area contributed by atoms with Crippen molar-refractivity contribution in [3.63, 3.8) is 0 Å². The first-order valence-corrected chi connectivity index (χ1v) is 6.12. The average Bonchev–Trinajstić information content (AvgIpc) is 2.31. The molecule has 0 N–H and O–H groups in total. The van der Waals surface area contributed by atoms with Crippen molar-refractivity contribution in [2.24, 2.45) is 5.92 Å². The van der Waals surface area contributed by atoms with Crippen LogP contribution in [0.2, 0.25) is 0 Å². The van der Waals surface area contributed by atoms with Gasteiger partial charge in [0.25, 0.3) is 0 Å². The van der Waals surface area contributed by atoms with Crippen molar-refractivity contribution in [1.82, 2.24) is 9.80 Å². The van der Waals surface area contributed by atoms with Crippen LogP contribution in [0.15, 0.2) is 0 Å². The molecule has 1 fully saturated rings. The topological polar surface area (TPSA) is 23.6 Å². The Hall–Kier alpha value is -0.570. The Balaban J connectivity index is 0.000000921. The molecule has 1 amide bonds. The second kappa shape index (κ2) is 7.69. The Kier molecular flexibility index (Phi) is 7.39. The molecular formula is C12H26N2O. The van der Waals surface area contributed by atoms with E-state index >= 15 is 0 Å². The molecule has 1 heterocycles. The maximum atomic E-state index is 11.7. The standard InChI is InChI=1S/C10H20N2O.C2H6/c1-4-9(2)10(13)12-7-5-11(3)6-8-12;1-2/h9H,4-8H2,1-3H3;1-2H3. The number of nitrogens with zero attached hydrogens (tertiary/aromatic N) is 2. The van der Waals surface area contributed by atoms with Crippen LogP contribution in [0, 0.1) is 5.92 Å². The summed E-state index contributed by atoms with van der Waals surface area (Å²) in [4.78, 5) is 16.0. The normalized spacial score (nSPS) is 19.1. The van der Waals surface area contributed by atoms with Gasteiger partial charge in [0.2, 0.25) is 5.91 Å².